The van der Waals surface area contributed by atoms with Crippen LogP contribution in [0.1, 0.15) is 67.2 Å². The van der Waals surface area contributed by atoms with Gasteiger partial charge in [-0.1, -0.05) is 51.4 Å². The molecular formula is C32H49ClFN5O4. The van der Waals surface area contributed by atoms with Gasteiger partial charge in [0.05, 0.1) is 34.8 Å². The minimum atomic E-state index is -1.01. The van der Waals surface area contributed by atoms with Crippen molar-refractivity contribution in [3.63, 3.8) is 0 Å². The molecule has 1 aromatic rings. The lowest BCUT2D eigenvalue weighted by atomic mass is 9.64. The molecule has 6 atom stereocenters. The number of primary amides is 1. The Morgan fingerprint density at radius 2 is 1.95 bits per heavy atom. The molecule has 0 radical (unpaired) electrons. The highest BCUT2D eigenvalue weighted by molar-refractivity contribution is 6.33. The third kappa shape index (κ3) is 7.77. The highest BCUT2D eigenvalue weighted by Crippen LogP contribution is 2.44. The number of aliphatic hydroxyl groups excluding tert-OH is 1. The first-order chi connectivity index (χ1) is 19.9. The fourth-order valence-electron chi connectivity index (χ4n) is 6.64. The Kier molecular flexibility index (Phi) is 11.1. The van der Waals surface area contributed by atoms with Crippen LogP contribution in [-0.2, 0) is 14.4 Å². The molecule has 240 valence electrons. The van der Waals surface area contributed by atoms with Gasteiger partial charge in [-0.3, -0.25) is 19.3 Å². The lowest BCUT2D eigenvalue weighted by Crippen LogP contribution is -2.64. The first kappa shape index (κ1) is 35.0. The molecule has 1 aliphatic heterocycles. The number of aliphatic hydroxyl groups is 1. The van der Waals surface area contributed by atoms with Gasteiger partial charge in [-0.2, -0.15) is 0 Å². The average Bonchev–Trinajstić information content (AvgIpc) is 2.91. The van der Waals surface area contributed by atoms with Crippen LogP contribution in [0.3, 0.4) is 0 Å². The van der Waals surface area contributed by atoms with Crippen molar-refractivity contribution in [2.24, 2.45) is 34.6 Å². The number of nitrogens with two attached hydrogens (primary N) is 2. The highest BCUT2D eigenvalue weighted by Gasteiger charge is 2.45. The van der Waals surface area contributed by atoms with Crippen LogP contribution in [0.25, 0.3) is 0 Å². The fraction of sp³-hybridized carbons (Fsp3) is 0.656. The minimum absolute atomic E-state index is 0.0145. The van der Waals surface area contributed by atoms with Gasteiger partial charge < -0.3 is 26.8 Å². The Labute approximate surface area is 260 Å². The maximum Gasteiger partial charge on any atom is 0.241 e. The molecule has 2 aliphatic rings. The summed E-state index contributed by atoms with van der Waals surface area (Å²) in [4.78, 5) is 42.3. The monoisotopic (exact) mass is 621 g/mol. The molecule has 11 heteroatoms. The van der Waals surface area contributed by atoms with Gasteiger partial charge in [-0.25, -0.2) is 4.39 Å². The minimum Gasteiger partial charge on any atom is -0.391 e. The van der Waals surface area contributed by atoms with Crippen LogP contribution in [0.15, 0.2) is 30.4 Å². The van der Waals surface area contributed by atoms with Crippen molar-refractivity contribution >= 4 is 35.0 Å². The predicted octanol–water partition coefficient (Wildman–Crippen LogP) is 3.61. The predicted molar refractivity (Wildman–Crippen MR) is 168 cm³/mol. The number of rotatable bonds is 11. The van der Waals surface area contributed by atoms with E-state index in [2.05, 4.69) is 11.9 Å². The van der Waals surface area contributed by atoms with Gasteiger partial charge in [0.25, 0.3) is 0 Å². The molecule has 0 bridgehead atoms. The van der Waals surface area contributed by atoms with E-state index in [4.69, 9.17) is 23.1 Å². The zero-order valence-corrected chi connectivity index (χ0v) is 27.1. The van der Waals surface area contributed by atoms with E-state index in [9.17, 15) is 23.9 Å². The Morgan fingerprint density at radius 1 is 1.30 bits per heavy atom. The quantitative estimate of drug-likeness (QED) is 0.278. The van der Waals surface area contributed by atoms with Gasteiger partial charge >= 0.3 is 0 Å². The molecule has 2 fully saturated rings. The van der Waals surface area contributed by atoms with Gasteiger partial charge in [-0.15, -0.1) is 0 Å². The first-order valence-corrected chi connectivity index (χ1v) is 15.5. The van der Waals surface area contributed by atoms with E-state index in [1.165, 1.54) is 23.1 Å². The van der Waals surface area contributed by atoms with E-state index in [0.29, 0.717) is 24.9 Å². The van der Waals surface area contributed by atoms with Gasteiger partial charge in [0.15, 0.2) is 0 Å². The molecule has 9 nitrogen and oxygen atoms in total. The second-order valence-electron chi connectivity index (χ2n) is 13.6. The molecule has 1 saturated carbocycles. The summed E-state index contributed by atoms with van der Waals surface area (Å²) >= 11 is 6.28. The van der Waals surface area contributed by atoms with Crippen LogP contribution in [0.2, 0.25) is 5.02 Å². The molecule has 3 amide bonds. The van der Waals surface area contributed by atoms with E-state index in [-0.39, 0.29) is 66.7 Å². The van der Waals surface area contributed by atoms with Crippen LogP contribution in [-0.4, -0.2) is 71.1 Å². The summed E-state index contributed by atoms with van der Waals surface area (Å²) in [6.45, 7) is 16.4. The first-order valence-electron chi connectivity index (χ1n) is 15.1. The molecule has 0 aromatic heterocycles. The Morgan fingerprint density at radius 3 is 2.51 bits per heavy atom. The summed E-state index contributed by atoms with van der Waals surface area (Å²) in [5.41, 5.74) is 12.1. The smallest absolute Gasteiger partial charge is 0.241 e. The molecule has 0 spiro atoms. The van der Waals surface area contributed by atoms with E-state index in [1.54, 1.807) is 0 Å². The number of nitrogens with zero attached hydrogens (tertiary/aromatic N) is 2. The number of amides is 3. The standard InChI is InChI=1S/C32H49ClFN5O4/c1-8-32(30(36)43)13-19(4)28(20(5)14-32)37-29(42)22(18(2)3)12-26(40)24(35)15-38-16-27(41)39(17-31(38,6)7)25-11-21(34)9-10-23(25)33/h9-11,18,20,22,24,26,28,40H,4,8,12-17,35H2,1-3,5-7H3,(H2,36,43)(H,37,42)/t20?,22?,24-,26?,28?,32?/m0/s1. The third-order valence-corrected chi connectivity index (χ3v) is 9.89. The molecule has 5 unspecified atom stereocenters. The maximum atomic E-state index is 13.9. The zero-order valence-electron chi connectivity index (χ0n) is 26.3. The zero-order chi connectivity index (χ0) is 32.4. The van der Waals surface area contributed by atoms with Crippen LogP contribution < -0.4 is 21.7 Å². The number of piperazine rings is 1. The van der Waals surface area contributed by atoms with Gasteiger partial charge in [-0.05, 0) is 69.6 Å². The van der Waals surface area contributed by atoms with E-state index in [0.717, 1.165) is 5.57 Å². The van der Waals surface area contributed by atoms with Crippen molar-refractivity contribution in [1.29, 1.82) is 0 Å². The van der Waals surface area contributed by atoms with Crippen molar-refractivity contribution in [2.75, 3.05) is 24.5 Å². The number of anilines is 1. The third-order valence-electron chi connectivity index (χ3n) is 9.57. The molecule has 3 rings (SSSR count). The molecule has 1 aliphatic carbocycles. The number of carbonyl (C=O) groups is 3. The van der Waals surface area contributed by atoms with Crippen LogP contribution in [0.4, 0.5) is 10.1 Å². The lowest BCUT2D eigenvalue weighted by Gasteiger charge is -2.48. The normalized spacial score (nSPS) is 26.7. The molecule has 6 N–H and O–H groups in total. The fourth-order valence-corrected chi connectivity index (χ4v) is 6.86. The number of carbonyl (C=O) groups excluding carboxylic acids is 3. The summed E-state index contributed by atoms with van der Waals surface area (Å²) in [5.74, 6) is -1.89. The summed E-state index contributed by atoms with van der Waals surface area (Å²) in [5, 5.41) is 14.6. The molecule has 1 heterocycles. The Balaban J connectivity index is 1.65. The van der Waals surface area contributed by atoms with Crippen LogP contribution >= 0.6 is 11.6 Å². The number of benzene rings is 1. The van der Waals surface area contributed by atoms with Crippen LogP contribution in [0, 0.1) is 29.0 Å². The van der Waals surface area contributed by atoms with E-state index in [1.807, 2.05) is 46.4 Å². The Hall–Kier alpha value is -2.53. The number of hydrogen-bond donors (Lipinski definition) is 4. The largest absolute Gasteiger partial charge is 0.391 e. The van der Waals surface area contributed by atoms with Crippen molar-refractivity contribution < 1.29 is 23.9 Å². The average molecular weight is 622 g/mol. The maximum absolute atomic E-state index is 13.9. The highest BCUT2D eigenvalue weighted by atomic mass is 35.5. The summed E-state index contributed by atoms with van der Waals surface area (Å²) < 4.78 is 13.9. The van der Waals surface area contributed by atoms with Crippen molar-refractivity contribution in [3.05, 3.63) is 41.2 Å². The van der Waals surface area contributed by atoms with Gasteiger partial charge in [0.1, 0.15) is 5.82 Å². The van der Waals surface area contributed by atoms with Crippen molar-refractivity contribution in [2.45, 2.75) is 91.0 Å². The van der Waals surface area contributed by atoms with E-state index < -0.39 is 34.8 Å². The lowest BCUT2D eigenvalue weighted by molar-refractivity contribution is -0.131. The van der Waals surface area contributed by atoms with Gasteiger partial charge in [0.2, 0.25) is 17.7 Å². The molecular weight excluding hydrogens is 573 g/mol. The topological polar surface area (TPSA) is 142 Å². The molecule has 1 aromatic carbocycles. The van der Waals surface area contributed by atoms with Gasteiger partial charge in [0, 0.05) is 30.6 Å². The van der Waals surface area contributed by atoms with Crippen molar-refractivity contribution in [3.8, 4) is 0 Å². The summed E-state index contributed by atoms with van der Waals surface area (Å²) in [6.07, 6.45) is 0.748. The second-order valence-corrected chi connectivity index (χ2v) is 14.0. The summed E-state index contributed by atoms with van der Waals surface area (Å²) in [6, 6.07) is 2.90. The second kappa shape index (κ2) is 13.6. The SMILES string of the molecule is C=C1CC(CC)(C(N)=O)CC(C)C1NC(=O)C(CC(O)[C@@H](N)CN1CC(=O)N(c2cc(F)ccc2Cl)CC1(C)C)C(C)C. The number of hydrogen-bond acceptors (Lipinski definition) is 6. The molecule has 1 saturated heterocycles. The molecule has 43 heavy (non-hydrogen) atoms. The number of nitrogens with one attached hydrogen (secondary N) is 1. The number of halogens is 2. The Bertz CT molecular complexity index is 1230. The van der Waals surface area contributed by atoms with E-state index >= 15 is 0 Å². The summed E-state index contributed by atoms with van der Waals surface area (Å²) in [7, 11) is 0. The van der Waals surface area contributed by atoms with Crippen molar-refractivity contribution in [1.82, 2.24) is 10.2 Å². The van der Waals surface area contributed by atoms with Crippen LogP contribution in [0.5, 0.6) is 0 Å².